The van der Waals surface area contributed by atoms with Crippen LogP contribution in [0.25, 0.3) is 5.57 Å². The minimum atomic E-state index is -0.206. The molecule has 6 aliphatic carbocycles. The van der Waals surface area contributed by atoms with Gasteiger partial charge in [0.25, 0.3) is 0 Å². The van der Waals surface area contributed by atoms with Gasteiger partial charge in [-0.05, 0) is 139 Å². The fourth-order valence-electron chi connectivity index (χ4n) is 11.8. The van der Waals surface area contributed by atoms with E-state index >= 15 is 0 Å². The van der Waals surface area contributed by atoms with Gasteiger partial charge in [0.15, 0.2) is 0 Å². The van der Waals surface area contributed by atoms with Crippen LogP contribution in [0.2, 0.25) is 0 Å². The Bertz CT molecular complexity index is 2100. The first kappa shape index (κ1) is 32.1. The maximum atomic E-state index is 2.83. The van der Waals surface area contributed by atoms with Crippen molar-refractivity contribution < 1.29 is 0 Å². The van der Waals surface area contributed by atoms with Crippen LogP contribution in [-0.2, 0) is 5.41 Å². The van der Waals surface area contributed by atoms with Crippen LogP contribution in [-0.4, -0.2) is 22.2 Å². The number of thioether (sulfide) groups is 2. The Kier molecular flexibility index (Phi) is 7.94. The van der Waals surface area contributed by atoms with Gasteiger partial charge in [-0.2, -0.15) is 0 Å². The van der Waals surface area contributed by atoms with E-state index in [1.54, 1.807) is 21.6 Å². The summed E-state index contributed by atoms with van der Waals surface area (Å²) in [7, 11) is 0. The maximum absolute atomic E-state index is 2.83. The van der Waals surface area contributed by atoms with Crippen LogP contribution in [0.4, 0.5) is 0 Å². The zero-order valence-electron chi connectivity index (χ0n) is 30.1. The highest BCUT2D eigenvalue weighted by atomic mass is 32.2. The van der Waals surface area contributed by atoms with E-state index in [1.165, 1.54) is 83.6 Å². The van der Waals surface area contributed by atoms with Crippen molar-refractivity contribution in [2.45, 2.75) is 103 Å². The van der Waals surface area contributed by atoms with Gasteiger partial charge in [0.2, 0.25) is 0 Å². The molecule has 2 aromatic rings. The van der Waals surface area contributed by atoms with Crippen LogP contribution in [0.5, 0.6) is 0 Å². The standard InChI is InChI=1S/C49H49NS2/c1-3-14-32(15-4-1)33-26-28-41-47(31-33)52-46-25-13-19-36(48(46)49(41)39-20-8-11-23-44(39)51-45-24-12-9-21-40(45)49)34-27-29-43-38(30-34)37-18-7-10-22-42(37)50(43)35-16-5-2-6-17-35/h3,5,7-9,11,13-14,16-21,23,25-28,30,32-33,37,41-43,47H,1-2,4,6,10,12,15,22,24,29,31H2. The Morgan fingerprint density at radius 2 is 1.67 bits per heavy atom. The molecule has 8 unspecified atom stereocenters. The van der Waals surface area contributed by atoms with Crippen LogP contribution in [0.1, 0.15) is 87.3 Å². The zero-order valence-corrected chi connectivity index (χ0v) is 31.8. The molecule has 8 atom stereocenters. The third-order valence-electron chi connectivity index (χ3n) is 13.9. The highest BCUT2D eigenvalue weighted by Crippen LogP contribution is 2.66. The van der Waals surface area contributed by atoms with Crippen molar-refractivity contribution in [1.82, 2.24) is 4.90 Å². The number of hydrogen-bond acceptors (Lipinski definition) is 3. The third-order valence-corrected chi connectivity index (χ3v) is 16.6. The van der Waals surface area contributed by atoms with Gasteiger partial charge in [-0.15, -0.1) is 11.8 Å². The largest absolute Gasteiger partial charge is 0.361 e. The lowest BCUT2D eigenvalue weighted by atomic mass is 9.55. The fraction of sp³-hybridized carbons (Fsp3) is 0.388. The highest BCUT2D eigenvalue weighted by molar-refractivity contribution is 8.03. The van der Waals surface area contributed by atoms with E-state index in [1.807, 2.05) is 0 Å². The summed E-state index contributed by atoms with van der Waals surface area (Å²) < 4.78 is 0. The molecule has 0 radical (unpaired) electrons. The number of fused-ring (bicyclic) bond motifs is 10. The summed E-state index contributed by atoms with van der Waals surface area (Å²) in [6.45, 7) is 0. The summed E-state index contributed by atoms with van der Waals surface area (Å²) in [6, 6.07) is 17.9. The van der Waals surface area contributed by atoms with Crippen LogP contribution in [0.15, 0.2) is 153 Å². The van der Waals surface area contributed by atoms with Crippen LogP contribution in [0.3, 0.4) is 0 Å². The number of rotatable bonds is 3. The van der Waals surface area contributed by atoms with Gasteiger partial charge in [-0.3, -0.25) is 0 Å². The van der Waals surface area contributed by atoms with E-state index in [-0.39, 0.29) is 5.41 Å². The van der Waals surface area contributed by atoms with Crippen LogP contribution in [0, 0.1) is 23.7 Å². The summed E-state index contributed by atoms with van der Waals surface area (Å²) in [6.07, 6.45) is 46.5. The van der Waals surface area contributed by atoms with Crippen LogP contribution < -0.4 is 0 Å². The molecule has 1 saturated heterocycles. The van der Waals surface area contributed by atoms with Crippen molar-refractivity contribution >= 4 is 29.1 Å². The van der Waals surface area contributed by atoms with E-state index in [0.29, 0.717) is 41.0 Å². The van der Waals surface area contributed by atoms with Crippen LogP contribution >= 0.6 is 23.5 Å². The number of nitrogens with zero attached hydrogens (tertiary/aromatic N) is 1. The molecule has 1 spiro atoms. The minimum Gasteiger partial charge on any atom is -0.361 e. The predicted octanol–water partition coefficient (Wildman–Crippen LogP) is 12.7. The molecule has 3 aliphatic heterocycles. The summed E-state index contributed by atoms with van der Waals surface area (Å²) in [5, 5.41) is 0.546. The molecule has 0 bridgehead atoms. The minimum absolute atomic E-state index is 0.206. The molecule has 262 valence electrons. The van der Waals surface area contributed by atoms with E-state index in [2.05, 4.69) is 150 Å². The van der Waals surface area contributed by atoms with Gasteiger partial charge >= 0.3 is 0 Å². The molecule has 11 rings (SSSR count). The fourth-order valence-corrected chi connectivity index (χ4v) is 14.7. The van der Waals surface area contributed by atoms with E-state index < -0.39 is 0 Å². The molecule has 3 heteroatoms. The van der Waals surface area contributed by atoms with Gasteiger partial charge in [-0.1, -0.05) is 115 Å². The number of benzene rings is 2. The number of allylic oxidation sites excluding steroid dienone is 14. The lowest BCUT2D eigenvalue weighted by molar-refractivity contribution is 0.237. The smallest absolute Gasteiger partial charge is 0.0560 e. The average Bonchev–Trinajstić information content (AvgIpc) is 3.54. The first-order valence-electron chi connectivity index (χ1n) is 20.4. The first-order valence-corrected chi connectivity index (χ1v) is 22.0. The van der Waals surface area contributed by atoms with Crippen molar-refractivity contribution in [3.8, 4) is 0 Å². The van der Waals surface area contributed by atoms with E-state index in [4.69, 9.17) is 0 Å². The third kappa shape index (κ3) is 4.83. The second-order valence-electron chi connectivity index (χ2n) is 16.5. The number of likely N-dealkylation sites (tertiary alicyclic amines) is 1. The molecule has 0 N–H and O–H groups in total. The summed E-state index contributed by atoms with van der Waals surface area (Å²) >= 11 is 4.28. The first-order chi connectivity index (χ1) is 25.8. The molecule has 0 saturated carbocycles. The van der Waals surface area contributed by atoms with Gasteiger partial charge in [0.1, 0.15) is 0 Å². The van der Waals surface area contributed by atoms with Crippen molar-refractivity contribution in [3.63, 3.8) is 0 Å². The van der Waals surface area contributed by atoms with Crippen molar-refractivity contribution in [1.29, 1.82) is 0 Å². The molecular formula is C49H49NS2. The van der Waals surface area contributed by atoms with Gasteiger partial charge in [0.05, 0.1) is 11.5 Å². The zero-order chi connectivity index (χ0) is 34.2. The van der Waals surface area contributed by atoms with Gasteiger partial charge in [0, 0.05) is 38.6 Å². The molecule has 3 heterocycles. The Hall–Kier alpha value is -3.40. The lowest BCUT2D eigenvalue weighted by Crippen LogP contribution is -2.49. The molecule has 1 nitrogen and oxygen atoms in total. The predicted molar refractivity (Wildman–Crippen MR) is 220 cm³/mol. The monoisotopic (exact) mass is 715 g/mol. The van der Waals surface area contributed by atoms with E-state index in [9.17, 15) is 0 Å². The second-order valence-corrected chi connectivity index (χ2v) is 18.9. The summed E-state index contributed by atoms with van der Waals surface area (Å²) in [4.78, 5) is 7.42. The SMILES string of the molecule is C1=CC(N2C3CC=C(c4cccc5c4C4(C6=C(CCC=C6)Sc6ccccc64)C4C=CC(C6C=CCCC6)CC4S5)C=C3C3C=CCCC32)=CCC1. The molecular weight excluding hydrogens is 667 g/mol. The summed E-state index contributed by atoms with van der Waals surface area (Å²) in [5.41, 5.74) is 10.5. The van der Waals surface area contributed by atoms with Gasteiger partial charge < -0.3 is 4.90 Å². The maximum Gasteiger partial charge on any atom is 0.0560 e. The normalized spacial score (nSPS) is 35.2. The lowest BCUT2D eigenvalue weighted by Gasteiger charge is -2.55. The topological polar surface area (TPSA) is 3.24 Å². The molecule has 0 aromatic heterocycles. The Labute approximate surface area is 319 Å². The average molecular weight is 716 g/mol. The Morgan fingerprint density at radius 1 is 0.750 bits per heavy atom. The molecule has 0 amide bonds. The van der Waals surface area contributed by atoms with Crippen molar-refractivity contribution in [2.24, 2.45) is 23.7 Å². The quantitative estimate of drug-likeness (QED) is 0.291. The van der Waals surface area contributed by atoms with E-state index in [0.717, 1.165) is 19.3 Å². The second kappa shape index (κ2) is 12.9. The Morgan fingerprint density at radius 3 is 2.60 bits per heavy atom. The van der Waals surface area contributed by atoms with Gasteiger partial charge in [-0.25, -0.2) is 0 Å². The van der Waals surface area contributed by atoms with Crippen molar-refractivity contribution in [2.75, 3.05) is 0 Å². The number of hydrogen-bond donors (Lipinski definition) is 0. The Balaban J connectivity index is 1.10. The molecule has 52 heavy (non-hydrogen) atoms. The molecule has 2 aromatic carbocycles. The molecule has 9 aliphatic rings. The highest BCUT2D eigenvalue weighted by Gasteiger charge is 2.57. The molecule has 1 fully saturated rings. The van der Waals surface area contributed by atoms with Crippen molar-refractivity contribution in [3.05, 3.63) is 160 Å². The summed E-state index contributed by atoms with van der Waals surface area (Å²) in [5.74, 6) is 2.23.